The first-order chi connectivity index (χ1) is 7.63. The van der Waals surface area contributed by atoms with Gasteiger partial charge in [0.05, 0.1) is 5.69 Å². The highest BCUT2D eigenvalue weighted by molar-refractivity contribution is 5.75. The molecule has 0 aromatic carbocycles. The minimum Gasteiger partial charge on any atom is -0.337 e. The highest BCUT2D eigenvalue weighted by Crippen LogP contribution is 2.17. The van der Waals surface area contributed by atoms with Gasteiger partial charge in [0.15, 0.2) is 5.43 Å². The van der Waals surface area contributed by atoms with Crippen LogP contribution in [0.4, 0.5) is 0 Å². The van der Waals surface area contributed by atoms with Crippen molar-refractivity contribution >= 4 is 11.1 Å². The zero-order valence-corrected chi connectivity index (χ0v) is 9.83. The quantitative estimate of drug-likeness (QED) is 0.864. The number of fused-ring (bicyclic) bond motifs is 1. The molecule has 86 valence electrons. The minimum atomic E-state index is 0.00199. The Hall–Kier alpha value is -1.58. The summed E-state index contributed by atoms with van der Waals surface area (Å²) in [6.45, 7) is 6.11. The van der Waals surface area contributed by atoms with Crippen LogP contribution in [0, 0.1) is 0 Å². The maximum Gasteiger partial charge on any atom is 0.240 e. The fourth-order valence-electron chi connectivity index (χ4n) is 1.76. The highest BCUT2D eigenvalue weighted by atomic mass is 16.5. The first-order valence-electron chi connectivity index (χ1n) is 5.65. The average Bonchev–Trinajstić information content (AvgIpc) is 2.62. The largest absolute Gasteiger partial charge is 0.337 e. The van der Waals surface area contributed by atoms with E-state index in [1.165, 1.54) is 0 Å². The molecule has 0 spiro atoms. The fraction of sp³-hybridized carbons (Fsp3) is 0.500. The maximum absolute atomic E-state index is 11.9. The zero-order chi connectivity index (χ0) is 11.7. The van der Waals surface area contributed by atoms with E-state index in [9.17, 15) is 4.79 Å². The second-order valence-electron chi connectivity index (χ2n) is 4.33. The molecule has 0 aliphatic carbocycles. The molecule has 2 rings (SSSR count). The smallest absolute Gasteiger partial charge is 0.240 e. The molecule has 2 heterocycles. The lowest BCUT2D eigenvalue weighted by Crippen LogP contribution is -2.06. The molecular formula is C12H16N2O2. The van der Waals surface area contributed by atoms with Crippen LogP contribution in [0.25, 0.3) is 11.1 Å². The summed E-state index contributed by atoms with van der Waals surface area (Å²) in [6.07, 6.45) is 1.73. The Balaban J connectivity index is 2.64. The summed E-state index contributed by atoms with van der Waals surface area (Å²) in [5.41, 5.74) is 2.15. The van der Waals surface area contributed by atoms with Gasteiger partial charge in [0.2, 0.25) is 5.71 Å². The van der Waals surface area contributed by atoms with Crippen molar-refractivity contribution in [1.29, 1.82) is 0 Å². The molecule has 4 heteroatoms. The summed E-state index contributed by atoms with van der Waals surface area (Å²) in [5, 5.41) is 4.54. The number of H-pyrrole nitrogens is 1. The number of aromatic amines is 1. The van der Waals surface area contributed by atoms with Crippen LogP contribution in [0.1, 0.15) is 44.5 Å². The van der Waals surface area contributed by atoms with Crippen molar-refractivity contribution in [3.05, 3.63) is 27.7 Å². The van der Waals surface area contributed by atoms with Crippen LogP contribution in [-0.2, 0) is 6.42 Å². The van der Waals surface area contributed by atoms with E-state index < -0.39 is 0 Å². The van der Waals surface area contributed by atoms with Gasteiger partial charge in [-0.1, -0.05) is 32.3 Å². The lowest BCUT2D eigenvalue weighted by Gasteiger charge is -2.03. The Morgan fingerprint density at radius 1 is 1.50 bits per heavy atom. The molecule has 0 atom stereocenters. The molecule has 1 N–H and O–H groups in total. The standard InChI is InChI=1S/C12H16N2O2/c1-4-5-8-11-10(15)6-9(7(2)3)13-12(11)16-14-8/h6-7H,4-5H2,1-3H3,(H,13,15). The van der Waals surface area contributed by atoms with E-state index in [4.69, 9.17) is 4.52 Å². The maximum atomic E-state index is 11.9. The number of hydrogen-bond donors (Lipinski definition) is 1. The third kappa shape index (κ3) is 1.75. The lowest BCUT2D eigenvalue weighted by molar-refractivity contribution is 0.437. The summed E-state index contributed by atoms with van der Waals surface area (Å²) in [6, 6.07) is 1.64. The monoisotopic (exact) mass is 220 g/mol. The average molecular weight is 220 g/mol. The van der Waals surface area contributed by atoms with Crippen molar-refractivity contribution in [1.82, 2.24) is 10.1 Å². The topological polar surface area (TPSA) is 58.9 Å². The van der Waals surface area contributed by atoms with Crippen molar-refractivity contribution in [2.75, 3.05) is 0 Å². The van der Waals surface area contributed by atoms with Gasteiger partial charge < -0.3 is 9.51 Å². The van der Waals surface area contributed by atoms with Crippen molar-refractivity contribution in [2.45, 2.75) is 39.5 Å². The van der Waals surface area contributed by atoms with Crippen molar-refractivity contribution in [2.24, 2.45) is 0 Å². The third-order valence-corrected chi connectivity index (χ3v) is 2.66. The molecule has 2 aromatic heterocycles. The number of aryl methyl sites for hydroxylation is 1. The van der Waals surface area contributed by atoms with E-state index in [1.54, 1.807) is 6.07 Å². The van der Waals surface area contributed by atoms with Gasteiger partial charge in [-0.2, -0.15) is 0 Å². The predicted molar refractivity (Wildman–Crippen MR) is 62.7 cm³/mol. The van der Waals surface area contributed by atoms with Crippen LogP contribution in [-0.4, -0.2) is 10.1 Å². The first kappa shape index (κ1) is 10.9. The van der Waals surface area contributed by atoms with E-state index in [1.807, 2.05) is 13.8 Å². The van der Waals surface area contributed by atoms with Crippen LogP contribution >= 0.6 is 0 Å². The molecule has 0 aliphatic heterocycles. The van der Waals surface area contributed by atoms with E-state index in [-0.39, 0.29) is 11.3 Å². The molecule has 0 bridgehead atoms. The third-order valence-electron chi connectivity index (χ3n) is 2.66. The van der Waals surface area contributed by atoms with Gasteiger partial charge in [0.1, 0.15) is 5.39 Å². The molecule has 0 aliphatic rings. The Kier molecular flexibility index (Phi) is 2.81. The molecule has 0 radical (unpaired) electrons. The van der Waals surface area contributed by atoms with Gasteiger partial charge in [-0.3, -0.25) is 4.79 Å². The molecule has 0 fully saturated rings. The van der Waals surface area contributed by atoms with E-state index in [2.05, 4.69) is 17.1 Å². The van der Waals surface area contributed by atoms with Crippen LogP contribution in [0.2, 0.25) is 0 Å². The SMILES string of the molecule is CCCc1noc2[nH]c(C(C)C)cc(=O)c12. The van der Waals surface area contributed by atoms with Gasteiger partial charge >= 0.3 is 0 Å². The van der Waals surface area contributed by atoms with Crippen LogP contribution < -0.4 is 5.43 Å². The summed E-state index contributed by atoms with van der Waals surface area (Å²) in [7, 11) is 0. The molecule has 4 nitrogen and oxygen atoms in total. The summed E-state index contributed by atoms with van der Waals surface area (Å²) in [5.74, 6) is 0.275. The van der Waals surface area contributed by atoms with Crippen molar-refractivity contribution in [3.8, 4) is 0 Å². The number of aromatic nitrogens is 2. The van der Waals surface area contributed by atoms with Gasteiger partial charge in [-0.15, -0.1) is 0 Å². The molecule has 0 unspecified atom stereocenters. The number of pyridine rings is 1. The van der Waals surface area contributed by atoms with E-state index in [0.29, 0.717) is 11.1 Å². The van der Waals surface area contributed by atoms with E-state index in [0.717, 1.165) is 24.2 Å². The Bertz CT molecular complexity index is 552. The fourth-order valence-corrected chi connectivity index (χ4v) is 1.76. The highest BCUT2D eigenvalue weighted by Gasteiger charge is 2.13. The molecule has 0 saturated heterocycles. The van der Waals surface area contributed by atoms with Crippen LogP contribution in [0.5, 0.6) is 0 Å². The molecule has 0 amide bonds. The number of hydrogen-bond acceptors (Lipinski definition) is 3. The Labute approximate surface area is 93.6 Å². The molecular weight excluding hydrogens is 204 g/mol. The molecule has 16 heavy (non-hydrogen) atoms. The lowest BCUT2D eigenvalue weighted by atomic mass is 10.1. The first-order valence-corrected chi connectivity index (χ1v) is 5.65. The van der Waals surface area contributed by atoms with Crippen molar-refractivity contribution < 1.29 is 4.52 Å². The van der Waals surface area contributed by atoms with Gasteiger partial charge in [-0.05, 0) is 12.3 Å². The normalized spacial score (nSPS) is 11.5. The Morgan fingerprint density at radius 2 is 2.25 bits per heavy atom. The summed E-state index contributed by atoms with van der Waals surface area (Å²) in [4.78, 5) is 15.1. The van der Waals surface area contributed by atoms with Gasteiger partial charge in [0.25, 0.3) is 0 Å². The summed E-state index contributed by atoms with van der Waals surface area (Å²) < 4.78 is 5.17. The number of nitrogens with zero attached hydrogens (tertiary/aromatic N) is 1. The van der Waals surface area contributed by atoms with Gasteiger partial charge in [0, 0.05) is 11.8 Å². The number of rotatable bonds is 3. The van der Waals surface area contributed by atoms with Crippen molar-refractivity contribution in [3.63, 3.8) is 0 Å². The van der Waals surface area contributed by atoms with Crippen LogP contribution in [0.15, 0.2) is 15.4 Å². The molecule has 2 aromatic rings. The van der Waals surface area contributed by atoms with Gasteiger partial charge in [-0.25, -0.2) is 0 Å². The van der Waals surface area contributed by atoms with Crippen LogP contribution in [0.3, 0.4) is 0 Å². The minimum absolute atomic E-state index is 0.00199. The molecule has 0 saturated carbocycles. The zero-order valence-electron chi connectivity index (χ0n) is 9.83. The second-order valence-corrected chi connectivity index (χ2v) is 4.33. The number of nitrogens with one attached hydrogen (secondary N) is 1. The Morgan fingerprint density at radius 3 is 2.88 bits per heavy atom. The summed E-state index contributed by atoms with van der Waals surface area (Å²) >= 11 is 0. The predicted octanol–water partition coefficient (Wildman–Crippen LogP) is 2.59. The second kappa shape index (κ2) is 4.12. The van der Waals surface area contributed by atoms with E-state index >= 15 is 0 Å².